The van der Waals surface area contributed by atoms with Crippen molar-refractivity contribution < 1.29 is 9.90 Å². The molecule has 28 heavy (non-hydrogen) atoms. The Labute approximate surface area is 168 Å². The third-order valence-electron chi connectivity index (χ3n) is 7.70. The number of rotatable bonds is 2. The van der Waals surface area contributed by atoms with Crippen molar-refractivity contribution in [3.8, 4) is 0 Å². The molecule has 2 aromatic heterocycles. The molecule has 6 nitrogen and oxygen atoms in total. The van der Waals surface area contributed by atoms with Gasteiger partial charge < -0.3 is 15.7 Å². The highest BCUT2D eigenvalue weighted by atomic mass is 32.1. The van der Waals surface area contributed by atoms with Gasteiger partial charge >= 0.3 is 0 Å². The molecule has 0 spiro atoms. The Balaban J connectivity index is 1.23. The zero-order valence-electron chi connectivity index (χ0n) is 16.0. The minimum Gasteiger partial charge on any atom is -0.390 e. The number of nitrogens with zero attached hydrogens (tertiary/aromatic N) is 3. The minimum absolute atomic E-state index is 0.0340. The first-order valence-electron chi connectivity index (χ1n) is 10.4. The minimum atomic E-state index is -0.499. The van der Waals surface area contributed by atoms with Crippen LogP contribution in [0.4, 0.5) is 5.82 Å². The van der Waals surface area contributed by atoms with Crippen LogP contribution in [-0.2, 0) is 17.8 Å². The number of carbonyl (C=O) groups is 1. The molecular weight excluding hydrogens is 372 g/mol. The molecule has 0 aromatic carbocycles. The lowest BCUT2D eigenvalue weighted by Gasteiger charge is -2.60. The van der Waals surface area contributed by atoms with Crippen LogP contribution in [-0.4, -0.2) is 38.0 Å². The average Bonchev–Trinajstić information content (AvgIpc) is 2.98. The number of carbonyl (C=O) groups excluding carboxylic acids is 1. The molecule has 2 atom stereocenters. The van der Waals surface area contributed by atoms with Crippen molar-refractivity contribution in [1.29, 1.82) is 0 Å². The summed E-state index contributed by atoms with van der Waals surface area (Å²) >= 11 is 1.64. The molecule has 0 radical (unpaired) electrons. The summed E-state index contributed by atoms with van der Waals surface area (Å²) in [5.74, 6) is 2.05. The summed E-state index contributed by atoms with van der Waals surface area (Å²) in [7, 11) is 0. The van der Waals surface area contributed by atoms with Gasteiger partial charge in [-0.25, -0.2) is 9.97 Å². The summed E-state index contributed by atoms with van der Waals surface area (Å²) in [6, 6.07) is 0. The highest BCUT2D eigenvalue weighted by Gasteiger charge is 2.57. The van der Waals surface area contributed by atoms with Crippen LogP contribution in [0.3, 0.4) is 0 Å². The standard InChI is InChI=1S/C21H26N4O2S/c22-18-17-14-1-2-25(9-15(14)28-19(17)24-11-23-18)16(26)8-20-4-12-3-13(5-20)7-21(27,6-12)10-20/h11-13,27H,1-10H2,(H2,22,23,24). The lowest BCUT2D eigenvalue weighted by atomic mass is 9.47. The summed E-state index contributed by atoms with van der Waals surface area (Å²) in [4.78, 5) is 25.9. The molecule has 2 unspecified atom stereocenters. The summed E-state index contributed by atoms with van der Waals surface area (Å²) in [5, 5.41) is 12.0. The molecule has 1 aliphatic heterocycles. The topological polar surface area (TPSA) is 92.3 Å². The number of aromatic nitrogens is 2. The average molecular weight is 399 g/mol. The van der Waals surface area contributed by atoms with Gasteiger partial charge in [0.05, 0.1) is 17.5 Å². The monoisotopic (exact) mass is 398 g/mol. The van der Waals surface area contributed by atoms with Gasteiger partial charge in [0.1, 0.15) is 17.0 Å². The summed E-state index contributed by atoms with van der Waals surface area (Å²) < 4.78 is 0. The van der Waals surface area contributed by atoms with E-state index in [0.29, 0.717) is 30.6 Å². The highest BCUT2D eigenvalue weighted by molar-refractivity contribution is 7.19. The van der Waals surface area contributed by atoms with E-state index in [1.165, 1.54) is 23.2 Å². The number of fused-ring (bicyclic) bond motifs is 3. The molecule has 4 bridgehead atoms. The molecule has 148 valence electrons. The Morgan fingerprint density at radius 3 is 2.82 bits per heavy atom. The molecule has 4 fully saturated rings. The van der Waals surface area contributed by atoms with Gasteiger partial charge in [-0.05, 0) is 67.8 Å². The van der Waals surface area contributed by atoms with Gasteiger partial charge in [0.15, 0.2) is 0 Å². The Kier molecular flexibility index (Phi) is 3.47. The van der Waals surface area contributed by atoms with Crippen LogP contribution in [0.25, 0.3) is 10.2 Å². The van der Waals surface area contributed by atoms with Crippen LogP contribution in [0.5, 0.6) is 0 Å². The molecule has 1 amide bonds. The normalized spacial score (nSPS) is 36.1. The third kappa shape index (κ3) is 2.52. The Bertz CT molecular complexity index is 972. The predicted molar refractivity (Wildman–Crippen MR) is 108 cm³/mol. The van der Waals surface area contributed by atoms with E-state index in [0.717, 1.165) is 55.3 Å². The predicted octanol–water partition coefficient (Wildman–Crippen LogP) is 2.88. The van der Waals surface area contributed by atoms with E-state index in [1.54, 1.807) is 11.3 Å². The van der Waals surface area contributed by atoms with Crippen LogP contribution in [0.15, 0.2) is 6.33 Å². The van der Waals surface area contributed by atoms with E-state index in [-0.39, 0.29) is 11.3 Å². The maximum Gasteiger partial charge on any atom is 0.223 e. The first kappa shape index (κ1) is 17.2. The fourth-order valence-electron chi connectivity index (χ4n) is 7.21. The highest BCUT2D eigenvalue weighted by Crippen LogP contribution is 2.63. The van der Waals surface area contributed by atoms with Crippen LogP contribution >= 0.6 is 11.3 Å². The molecule has 3 heterocycles. The number of nitrogen functional groups attached to an aromatic ring is 1. The number of amides is 1. The summed E-state index contributed by atoms with van der Waals surface area (Å²) in [5.41, 5.74) is 6.84. The zero-order valence-corrected chi connectivity index (χ0v) is 16.8. The van der Waals surface area contributed by atoms with Gasteiger partial charge in [-0.15, -0.1) is 11.3 Å². The second-order valence-corrected chi connectivity index (χ2v) is 11.0. The second kappa shape index (κ2) is 5.66. The number of thiophene rings is 1. The Morgan fingerprint density at radius 1 is 1.29 bits per heavy atom. The Morgan fingerprint density at radius 2 is 2.07 bits per heavy atom. The van der Waals surface area contributed by atoms with Gasteiger partial charge in [0.25, 0.3) is 0 Å². The van der Waals surface area contributed by atoms with E-state index in [9.17, 15) is 9.90 Å². The van der Waals surface area contributed by atoms with Gasteiger partial charge in [-0.2, -0.15) is 0 Å². The molecular formula is C21H26N4O2S. The molecule has 3 N–H and O–H groups in total. The first-order valence-corrected chi connectivity index (χ1v) is 11.2. The van der Waals surface area contributed by atoms with Gasteiger partial charge in [-0.3, -0.25) is 4.79 Å². The fraction of sp³-hybridized carbons (Fsp3) is 0.667. The van der Waals surface area contributed by atoms with Crippen molar-refractivity contribution in [2.45, 2.75) is 63.5 Å². The quantitative estimate of drug-likeness (QED) is 0.811. The number of hydrogen-bond acceptors (Lipinski definition) is 6. The lowest BCUT2D eigenvalue weighted by Crippen LogP contribution is -2.56. The van der Waals surface area contributed by atoms with Crippen molar-refractivity contribution in [3.05, 3.63) is 16.8 Å². The van der Waals surface area contributed by atoms with E-state index >= 15 is 0 Å². The molecule has 5 aliphatic rings. The fourth-order valence-corrected chi connectivity index (χ4v) is 8.42. The van der Waals surface area contributed by atoms with Crippen LogP contribution < -0.4 is 5.73 Å². The van der Waals surface area contributed by atoms with Crippen molar-refractivity contribution in [3.63, 3.8) is 0 Å². The SMILES string of the molecule is Nc1ncnc2sc3c(c12)CCN(C(=O)CC12CC4CC(CC(O)(C4)C1)C2)C3. The second-order valence-electron chi connectivity index (χ2n) is 9.87. The van der Waals surface area contributed by atoms with E-state index in [1.807, 2.05) is 4.90 Å². The van der Waals surface area contributed by atoms with Crippen LogP contribution in [0, 0.1) is 17.3 Å². The van der Waals surface area contributed by atoms with Gasteiger partial charge in [-0.1, -0.05) is 0 Å². The van der Waals surface area contributed by atoms with E-state index < -0.39 is 5.60 Å². The third-order valence-corrected chi connectivity index (χ3v) is 8.82. The van der Waals surface area contributed by atoms with Crippen molar-refractivity contribution in [1.82, 2.24) is 14.9 Å². The zero-order chi connectivity index (χ0) is 19.1. The molecule has 4 saturated carbocycles. The van der Waals surface area contributed by atoms with Crippen molar-refractivity contribution >= 4 is 33.3 Å². The summed E-state index contributed by atoms with van der Waals surface area (Å²) in [6.07, 6.45) is 9.19. The summed E-state index contributed by atoms with van der Waals surface area (Å²) in [6.45, 7) is 1.39. The number of hydrogen-bond donors (Lipinski definition) is 2. The van der Waals surface area contributed by atoms with Crippen LogP contribution in [0.2, 0.25) is 0 Å². The number of anilines is 1. The van der Waals surface area contributed by atoms with Crippen molar-refractivity contribution in [2.75, 3.05) is 12.3 Å². The molecule has 4 aliphatic carbocycles. The maximum absolute atomic E-state index is 13.3. The van der Waals surface area contributed by atoms with Gasteiger partial charge in [0, 0.05) is 17.8 Å². The molecule has 2 aromatic rings. The van der Waals surface area contributed by atoms with E-state index in [4.69, 9.17) is 5.73 Å². The molecule has 7 heteroatoms. The smallest absolute Gasteiger partial charge is 0.223 e. The van der Waals surface area contributed by atoms with Crippen LogP contribution in [0.1, 0.15) is 55.4 Å². The largest absolute Gasteiger partial charge is 0.390 e. The number of nitrogens with two attached hydrogens (primary N) is 1. The maximum atomic E-state index is 13.3. The van der Waals surface area contributed by atoms with Crippen molar-refractivity contribution in [2.24, 2.45) is 17.3 Å². The number of aliphatic hydroxyl groups is 1. The molecule has 7 rings (SSSR count). The van der Waals surface area contributed by atoms with Gasteiger partial charge in [0.2, 0.25) is 5.91 Å². The van der Waals surface area contributed by atoms with E-state index in [2.05, 4.69) is 9.97 Å². The molecule has 0 saturated heterocycles. The lowest BCUT2D eigenvalue weighted by molar-refractivity contribution is -0.172. The Hall–Kier alpha value is -1.73. The first-order chi connectivity index (χ1) is 13.4.